The molecule has 0 radical (unpaired) electrons. The summed E-state index contributed by atoms with van der Waals surface area (Å²) >= 11 is 0. The van der Waals surface area contributed by atoms with Gasteiger partial charge in [-0.25, -0.2) is 4.79 Å². The molecule has 1 aromatic carbocycles. The minimum Gasteiger partial charge on any atom is -0.490 e. The third-order valence-corrected chi connectivity index (χ3v) is 3.89. The maximum Gasteiger partial charge on any atom is 0.341 e. The summed E-state index contributed by atoms with van der Waals surface area (Å²) < 4.78 is 16.2. The first-order chi connectivity index (χ1) is 13.0. The standard InChI is InChI=1S/C18H26N2O7/c1-2-25-8-7-19-9-12(21)10-26-14-4-5-15(27-11-17(23)24)18-13(14)3-6-16(22)20-18/h4-5,12,19,21H,2-3,6-11H2,1H3,(H,20,22)(H,23,24). The number of aliphatic hydroxyl groups excluding tert-OH is 1. The van der Waals surface area contributed by atoms with E-state index in [4.69, 9.17) is 19.3 Å². The lowest BCUT2D eigenvalue weighted by Gasteiger charge is -2.23. The van der Waals surface area contributed by atoms with Gasteiger partial charge in [0.2, 0.25) is 5.91 Å². The van der Waals surface area contributed by atoms with E-state index in [1.54, 1.807) is 12.1 Å². The van der Waals surface area contributed by atoms with Gasteiger partial charge in [0.1, 0.15) is 24.2 Å². The van der Waals surface area contributed by atoms with E-state index in [1.165, 1.54) is 0 Å². The molecule has 150 valence electrons. The molecule has 9 nitrogen and oxygen atoms in total. The lowest BCUT2D eigenvalue weighted by Crippen LogP contribution is -2.33. The maximum absolute atomic E-state index is 11.7. The van der Waals surface area contributed by atoms with Crippen molar-refractivity contribution in [1.29, 1.82) is 0 Å². The summed E-state index contributed by atoms with van der Waals surface area (Å²) in [5.74, 6) is -0.462. The molecule has 4 N–H and O–H groups in total. The number of carbonyl (C=O) groups is 2. The van der Waals surface area contributed by atoms with Gasteiger partial charge in [0.15, 0.2) is 6.61 Å². The molecule has 2 rings (SSSR count). The van der Waals surface area contributed by atoms with Crippen molar-refractivity contribution in [3.8, 4) is 11.5 Å². The van der Waals surface area contributed by atoms with Crippen molar-refractivity contribution in [2.45, 2.75) is 25.9 Å². The molecule has 0 spiro atoms. The van der Waals surface area contributed by atoms with Gasteiger partial charge in [0.05, 0.1) is 12.3 Å². The van der Waals surface area contributed by atoms with Crippen LogP contribution in [0.15, 0.2) is 12.1 Å². The Morgan fingerprint density at radius 3 is 2.81 bits per heavy atom. The molecule has 0 fully saturated rings. The topological polar surface area (TPSA) is 126 Å². The fourth-order valence-electron chi connectivity index (χ4n) is 2.63. The SMILES string of the molecule is CCOCCNCC(O)COc1ccc(OCC(=O)O)c2c1CCC(=O)N2. The van der Waals surface area contributed by atoms with Gasteiger partial charge in [-0.2, -0.15) is 0 Å². The minimum atomic E-state index is -1.11. The first kappa shape index (κ1) is 20.9. The normalized spacial score (nSPS) is 14.2. The van der Waals surface area contributed by atoms with Gasteiger partial charge in [-0.1, -0.05) is 0 Å². The molecule has 1 aliphatic rings. The monoisotopic (exact) mass is 382 g/mol. The summed E-state index contributed by atoms with van der Waals surface area (Å²) in [5, 5.41) is 24.6. The first-order valence-corrected chi connectivity index (χ1v) is 8.91. The number of amides is 1. The van der Waals surface area contributed by atoms with Crippen molar-refractivity contribution < 1.29 is 34.0 Å². The van der Waals surface area contributed by atoms with Crippen LogP contribution in [-0.2, 0) is 20.7 Å². The van der Waals surface area contributed by atoms with Gasteiger partial charge in [-0.15, -0.1) is 0 Å². The first-order valence-electron chi connectivity index (χ1n) is 8.91. The largest absolute Gasteiger partial charge is 0.490 e. The van der Waals surface area contributed by atoms with Crippen LogP contribution >= 0.6 is 0 Å². The number of aliphatic hydroxyl groups is 1. The quantitative estimate of drug-likeness (QED) is 0.383. The fourth-order valence-corrected chi connectivity index (χ4v) is 2.63. The molecule has 1 heterocycles. The fraction of sp³-hybridized carbons (Fsp3) is 0.556. The highest BCUT2D eigenvalue weighted by atomic mass is 16.5. The Labute approximate surface area is 157 Å². The number of anilines is 1. The summed E-state index contributed by atoms with van der Waals surface area (Å²) in [4.78, 5) is 22.4. The predicted octanol–water partition coefficient (Wildman–Crippen LogP) is 0.401. The van der Waals surface area contributed by atoms with Crippen LogP contribution in [0.3, 0.4) is 0 Å². The molecule has 0 aromatic heterocycles. The maximum atomic E-state index is 11.7. The van der Waals surface area contributed by atoms with Gasteiger partial charge < -0.3 is 35.1 Å². The zero-order valence-electron chi connectivity index (χ0n) is 15.3. The summed E-state index contributed by atoms with van der Waals surface area (Å²) in [7, 11) is 0. The molecule has 27 heavy (non-hydrogen) atoms. The molecule has 1 aliphatic heterocycles. The highest BCUT2D eigenvalue weighted by molar-refractivity contribution is 5.96. The Kier molecular flexibility index (Phi) is 8.31. The molecular formula is C18H26N2O7. The van der Waals surface area contributed by atoms with E-state index in [0.717, 1.165) is 5.56 Å². The van der Waals surface area contributed by atoms with Crippen LogP contribution in [0.25, 0.3) is 0 Å². The van der Waals surface area contributed by atoms with Crippen LogP contribution in [-0.4, -0.2) is 67.7 Å². The summed E-state index contributed by atoms with van der Waals surface area (Å²) in [5.41, 5.74) is 1.16. The Bertz CT molecular complexity index is 651. The number of carbonyl (C=O) groups excluding carboxylic acids is 1. The molecule has 1 atom stereocenters. The van der Waals surface area contributed by atoms with E-state index in [2.05, 4.69) is 10.6 Å². The lowest BCUT2D eigenvalue weighted by molar-refractivity contribution is -0.139. The summed E-state index contributed by atoms with van der Waals surface area (Å²) in [6, 6.07) is 3.21. The van der Waals surface area contributed by atoms with E-state index < -0.39 is 18.7 Å². The minimum absolute atomic E-state index is 0.0807. The molecule has 0 saturated carbocycles. The number of hydrogen-bond acceptors (Lipinski definition) is 7. The summed E-state index contributed by atoms with van der Waals surface area (Å²) in [6.45, 7) is 3.74. The Morgan fingerprint density at radius 2 is 2.07 bits per heavy atom. The third-order valence-electron chi connectivity index (χ3n) is 3.89. The van der Waals surface area contributed by atoms with E-state index >= 15 is 0 Å². The van der Waals surface area contributed by atoms with Crippen LogP contribution in [0.4, 0.5) is 5.69 Å². The number of hydrogen-bond donors (Lipinski definition) is 4. The molecule has 0 aliphatic carbocycles. The highest BCUT2D eigenvalue weighted by Gasteiger charge is 2.23. The molecule has 1 unspecified atom stereocenters. The van der Waals surface area contributed by atoms with E-state index in [9.17, 15) is 14.7 Å². The Balaban J connectivity index is 1.95. The number of benzene rings is 1. The van der Waals surface area contributed by atoms with Crippen LogP contribution in [0.1, 0.15) is 18.9 Å². The smallest absolute Gasteiger partial charge is 0.341 e. The van der Waals surface area contributed by atoms with Crippen molar-refractivity contribution in [3.63, 3.8) is 0 Å². The second-order valence-corrected chi connectivity index (χ2v) is 6.01. The molecule has 9 heteroatoms. The number of carboxylic acid groups (broad SMARTS) is 1. The van der Waals surface area contributed by atoms with Gasteiger partial charge >= 0.3 is 5.97 Å². The van der Waals surface area contributed by atoms with Gasteiger partial charge in [0.25, 0.3) is 0 Å². The zero-order chi connectivity index (χ0) is 19.6. The van der Waals surface area contributed by atoms with Crippen molar-refractivity contribution in [2.75, 3.05) is 44.8 Å². The van der Waals surface area contributed by atoms with Gasteiger partial charge in [-0.3, -0.25) is 4.79 Å². The van der Waals surface area contributed by atoms with Crippen molar-refractivity contribution >= 4 is 17.6 Å². The van der Waals surface area contributed by atoms with Crippen LogP contribution in [0.2, 0.25) is 0 Å². The second kappa shape index (κ2) is 10.7. The molecular weight excluding hydrogens is 356 g/mol. The number of rotatable bonds is 12. The predicted molar refractivity (Wildman–Crippen MR) is 97.4 cm³/mol. The lowest BCUT2D eigenvalue weighted by atomic mass is 10.0. The average Bonchev–Trinajstić information content (AvgIpc) is 2.64. The Hall–Kier alpha value is -2.36. The van der Waals surface area contributed by atoms with E-state index in [0.29, 0.717) is 50.6 Å². The number of aliphatic carboxylic acids is 1. The Morgan fingerprint density at radius 1 is 1.30 bits per heavy atom. The average molecular weight is 382 g/mol. The van der Waals surface area contributed by atoms with E-state index in [1.807, 2.05) is 6.92 Å². The third kappa shape index (κ3) is 6.70. The number of nitrogens with one attached hydrogen (secondary N) is 2. The van der Waals surface area contributed by atoms with E-state index in [-0.39, 0.29) is 18.3 Å². The highest BCUT2D eigenvalue weighted by Crippen LogP contribution is 2.38. The molecule has 0 saturated heterocycles. The number of carboxylic acids is 1. The van der Waals surface area contributed by atoms with Crippen LogP contribution in [0.5, 0.6) is 11.5 Å². The zero-order valence-corrected chi connectivity index (χ0v) is 15.3. The van der Waals surface area contributed by atoms with Crippen molar-refractivity contribution in [1.82, 2.24) is 5.32 Å². The number of ether oxygens (including phenoxy) is 3. The van der Waals surface area contributed by atoms with Crippen LogP contribution in [0, 0.1) is 0 Å². The molecule has 0 bridgehead atoms. The van der Waals surface area contributed by atoms with Gasteiger partial charge in [0, 0.05) is 31.7 Å². The van der Waals surface area contributed by atoms with Crippen LogP contribution < -0.4 is 20.1 Å². The van der Waals surface area contributed by atoms with Crippen molar-refractivity contribution in [2.24, 2.45) is 0 Å². The summed E-state index contributed by atoms with van der Waals surface area (Å²) in [6.07, 6.45) is 0.0416. The molecule has 1 aromatic rings. The van der Waals surface area contributed by atoms with Crippen molar-refractivity contribution in [3.05, 3.63) is 17.7 Å². The number of fused-ring (bicyclic) bond motifs is 1. The van der Waals surface area contributed by atoms with Gasteiger partial charge in [-0.05, 0) is 25.5 Å². The molecule has 1 amide bonds. The second-order valence-electron chi connectivity index (χ2n) is 6.01.